The molecule has 0 aromatic heterocycles. The summed E-state index contributed by atoms with van der Waals surface area (Å²) >= 11 is 0. The molecule has 1 aliphatic heterocycles. The van der Waals surface area contributed by atoms with E-state index in [4.69, 9.17) is 9.47 Å². The van der Waals surface area contributed by atoms with Crippen LogP contribution in [0.25, 0.3) is 0 Å². The van der Waals surface area contributed by atoms with E-state index in [1.807, 2.05) is 13.1 Å². The van der Waals surface area contributed by atoms with Crippen molar-refractivity contribution in [3.8, 4) is 11.5 Å². The van der Waals surface area contributed by atoms with E-state index in [0.29, 0.717) is 12.8 Å². The van der Waals surface area contributed by atoms with Crippen molar-refractivity contribution in [3.05, 3.63) is 35.4 Å². The lowest BCUT2D eigenvalue weighted by atomic mass is 9.90. The largest absolute Gasteiger partial charge is 0.454 e. The number of hydrogen-bond donors (Lipinski definition) is 1. The van der Waals surface area contributed by atoms with E-state index in [-0.39, 0.29) is 0 Å². The topological polar surface area (TPSA) is 30.5 Å². The molecule has 1 aromatic rings. The van der Waals surface area contributed by atoms with E-state index in [0.717, 1.165) is 11.5 Å². The molecule has 3 rings (SSSR count). The van der Waals surface area contributed by atoms with Crippen molar-refractivity contribution in [1.29, 1.82) is 0 Å². The molecule has 0 saturated heterocycles. The number of nitrogens with one attached hydrogen (secondary N) is 1. The summed E-state index contributed by atoms with van der Waals surface area (Å²) in [5, 5.41) is 3.41. The summed E-state index contributed by atoms with van der Waals surface area (Å²) in [6.07, 6.45) is 7.41. The lowest BCUT2D eigenvalue weighted by Gasteiger charge is -2.23. The molecular weight excluding hydrogens is 226 g/mol. The lowest BCUT2D eigenvalue weighted by Crippen LogP contribution is -2.19. The molecule has 1 heterocycles. The van der Waals surface area contributed by atoms with Crippen molar-refractivity contribution in [2.75, 3.05) is 13.8 Å². The van der Waals surface area contributed by atoms with Crippen molar-refractivity contribution in [2.45, 2.75) is 31.7 Å². The van der Waals surface area contributed by atoms with Gasteiger partial charge in [0.15, 0.2) is 11.5 Å². The zero-order chi connectivity index (χ0) is 12.4. The highest BCUT2D eigenvalue weighted by atomic mass is 16.7. The minimum absolute atomic E-state index is 0.305. The molecule has 1 aromatic carbocycles. The summed E-state index contributed by atoms with van der Waals surface area (Å²) in [4.78, 5) is 0. The molecule has 1 atom stereocenters. The number of rotatable bonds is 3. The Kier molecular flexibility index (Phi) is 3.24. The third kappa shape index (κ3) is 2.10. The Morgan fingerprint density at radius 3 is 2.83 bits per heavy atom. The second kappa shape index (κ2) is 5.02. The first-order valence-electron chi connectivity index (χ1n) is 6.64. The highest BCUT2D eigenvalue weighted by Crippen LogP contribution is 2.37. The third-order valence-electron chi connectivity index (χ3n) is 3.72. The Balaban J connectivity index is 1.89. The number of hydrogen-bond acceptors (Lipinski definition) is 3. The van der Waals surface area contributed by atoms with Crippen molar-refractivity contribution < 1.29 is 9.47 Å². The van der Waals surface area contributed by atoms with Crippen LogP contribution in [0.4, 0.5) is 0 Å². The summed E-state index contributed by atoms with van der Waals surface area (Å²) in [6, 6.07) is 6.54. The first-order valence-corrected chi connectivity index (χ1v) is 6.64. The summed E-state index contributed by atoms with van der Waals surface area (Å²) < 4.78 is 10.8. The molecule has 0 fully saturated rings. The summed E-state index contributed by atoms with van der Waals surface area (Å²) in [6.45, 7) is 0.339. The Morgan fingerprint density at radius 1 is 1.17 bits per heavy atom. The zero-order valence-corrected chi connectivity index (χ0v) is 10.7. The number of ether oxygens (including phenoxy) is 2. The SMILES string of the molecule is CNC(C1=CCCCC1)c1ccc2c(c1)OCO2. The molecule has 0 saturated carbocycles. The van der Waals surface area contributed by atoms with Gasteiger partial charge in [-0.1, -0.05) is 17.7 Å². The zero-order valence-electron chi connectivity index (χ0n) is 10.7. The Labute approximate surface area is 108 Å². The Hall–Kier alpha value is -1.48. The molecule has 1 aliphatic carbocycles. The van der Waals surface area contributed by atoms with Gasteiger partial charge in [-0.25, -0.2) is 0 Å². The van der Waals surface area contributed by atoms with E-state index in [1.54, 1.807) is 0 Å². The van der Waals surface area contributed by atoms with Crippen LogP contribution in [-0.2, 0) is 0 Å². The molecular formula is C15H19NO2. The first-order chi connectivity index (χ1) is 8.88. The van der Waals surface area contributed by atoms with Gasteiger partial charge < -0.3 is 14.8 Å². The smallest absolute Gasteiger partial charge is 0.231 e. The fourth-order valence-electron chi connectivity index (χ4n) is 2.78. The predicted molar refractivity (Wildman–Crippen MR) is 70.9 cm³/mol. The second-order valence-corrected chi connectivity index (χ2v) is 4.86. The van der Waals surface area contributed by atoms with Crippen LogP contribution in [0.1, 0.15) is 37.3 Å². The molecule has 0 amide bonds. The van der Waals surface area contributed by atoms with E-state index < -0.39 is 0 Å². The normalized spacial score (nSPS) is 19.5. The fraction of sp³-hybridized carbons (Fsp3) is 0.467. The molecule has 0 radical (unpaired) electrons. The lowest BCUT2D eigenvalue weighted by molar-refractivity contribution is 0.174. The maximum atomic E-state index is 5.45. The fourth-order valence-corrected chi connectivity index (χ4v) is 2.78. The van der Waals surface area contributed by atoms with E-state index >= 15 is 0 Å². The van der Waals surface area contributed by atoms with Crippen LogP contribution >= 0.6 is 0 Å². The molecule has 3 nitrogen and oxygen atoms in total. The van der Waals surface area contributed by atoms with Gasteiger partial charge in [0.1, 0.15) is 0 Å². The van der Waals surface area contributed by atoms with Crippen LogP contribution in [0.15, 0.2) is 29.8 Å². The van der Waals surface area contributed by atoms with E-state index in [2.05, 4.69) is 23.5 Å². The van der Waals surface area contributed by atoms with Crippen molar-refractivity contribution in [3.63, 3.8) is 0 Å². The highest BCUT2D eigenvalue weighted by Gasteiger charge is 2.20. The molecule has 3 heteroatoms. The van der Waals surface area contributed by atoms with Gasteiger partial charge in [0.2, 0.25) is 6.79 Å². The average molecular weight is 245 g/mol. The second-order valence-electron chi connectivity index (χ2n) is 4.86. The van der Waals surface area contributed by atoms with Crippen LogP contribution in [0.3, 0.4) is 0 Å². The number of likely N-dealkylation sites (N-methyl/N-ethyl adjacent to an activating group) is 1. The van der Waals surface area contributed by atoms with Crippen LogP contribution in [-0.4, -0.2) is 13.8 Å². The van der Waals surface area contributed by atoms with Crippen LogP contribution in [0.2, 0.25) is 0 Å². The van der Waals surface area contributed by atoms with E-state index in [9.17, 15) is 0 Å². The molecule has 1 unspecified atom stereocenters. The quantitative estimate of drug-likeness (QED) is 0.830. The molecule has 0 bridgehead atoms. The Morgan fingerprint density at radius 2 is 2.06 bits per heavy atom. The van der Waals surface area contributed by atoms with Gasteiger partial charge in [-0.3, -0.25) is 0 Å². The van der Waals surface area contributed by atoms with Gasteiger partial charge in [0, 0.05) is 0 Å². The maximum Gasteiger partial charge on any atom is 0.231 e. The summed E-state index contributed by atoms with van der Waals surface area (Å²) in [5.74, 6) is 1.72. The summed E-state index contributed by atoms with van der Waals surface area (Å²) in [5.41, 5.74) is 2.76. The average Bonchev–Trinajstić information content (AvgIpc) is 2.88. The molecule has 1 N–H and O–H groups in total. The van der Waals surface area contributed by atoms with Crippen LogP contribution < -0.4 is 14.8 Å². The van der Waals surface area contributed by atoms with Gasteiger partial charge in [-0.2, -0.15) is 0 Å². The van der Waals surface area contributed by atoms with Crippen molar-refractivity contribution in [2.24, 2.45) is 0 Å². The van der Waals surface area contributed by atoms with Gasteiger partial charge in [-0.05, 0) is 50.4 Å². The minimum Gasteiger partial charge on any atom is -0.454 e. The number of benzene rings is 1. The predicted octanol–water partition coefficient (Wildman–Crippen LogP) is 3.18. The van der Waals surface area contributed by atoms with E-state index in [1.165, 1.54) is 36.8 Å². The number of allylic oxidation sites excluding steroid dienone is 1. The summed E-state index contributed by atoms with van der Waals surface area (Å²) in [7, 11) is 2.02. The van der Waals surface area contributed by atoms with Crippen LogP contribution in [0, 0.1) is 0 Å². The molecule has 0 spiro atoms. The molecule has 96 valence electrons. The van der Waals surface area contributed by atoms with Crippen molar-refractivity contribution in [1.82, 2.24) is 5.32 Å². The first kappa shape index (κ1) is 11.6. The standard InChI is InChI=1S/C15H19NO2/c1-16-15(11-5-3-2-4-6-11)12-7-8-13-14(9-12)18-10-17-13/h5,7-9,15-16H,2-4,6,10H2,1H3. The maximum absolute atomic E-state index is 5.45. The molecule has 2 aliphatic rings. The van der Waals surface area contributed by atoms with Gasteiger partial charge >= 0.3 is 0 Å². The third-order valence-corrected chi connectivity index (χ3v) is 3.72. The minimum atomic E-state index is 0.305. The van der Waals surface area contributed by atoms with Gasteiger partial charge in [-0.15, -0.1) is 0 Å². The molecule has 18 heavy (non-hydrogen) atoms. The Bertz CT molecular complexity index is 468. The highest BCUT2D eigenvalue weighted by molar-refractivity contribution is 5.46. The van der Waals surface area contributed by atoms with Crippen molar-refractivity contribution >= 4 is 0 Å². The van der Waals surface area contributed by atoms with Gasteiger partial charge in [0.25, 0.3) is 0 Å². The van der Waals surface area contributed by atoms with Gasteiger partial charge in [0.05, 0.1) is 6.04 Å². The van der Waals surface area contributed by atoms with Crippen LogP contribution in [0.5, 0.6) is 11.5 Å². The monoisotopic (exact) mass is 245 g/mol. The number of fused-ring (bicyclic) bond motifs is 1.